The Labute approximate surface area is 105 Å². The van der Waals surface area contributed by atoms with Crippen molar-refractivity contribution in [1.29, 1.82) is 0 Å². The first kappa shape index (κ1) is 11.7. The fourth-order valence-electron chi connectivity index (χ4n) is 2.02. The van der Waals surface area contributed by atoms with Crippen molar-refractivity contribution >= 4 is 34.1 Å². The van der Waals surface area contributed by atoms with Crippen molar-refractivity contribution in [2.24, 2.45) is 0 Å². The van der Waals surface area contributed by atoms with Crippen molar-refractivity contribution in [1.82, 2.24) is 4.98 Å². The molecule has 0 saturated carbocycles. The molecule has 0 N–H and O–H groups in total. The highest BCUT2D eigenvalue weighted by Crippen LogP contribution is 2.32. The molecular formula is C13H13Cl2N. The molecular weight excluding hydrogens is 241 g/mol. The third kappa shape index (κ3) is 1.79. The lowest BCUT2D eigenvalue weighted by atomic mass is 10.0. The van der Waals surface area contributed by atoms with Crippen LogP contribution >= 0.6 is 23.2 Å². The largest absolute Gasteiger partial charge is 0.252 e. The van der Waals surface area contributed by atoms with Gasteiger partial charge in [-0.25, -0.2) is 0 Å². The van der Waals surface area contributed by atoms with Crippen LogP contribution in [0.15, 0.2) is 12.1 Å². The molecule has 0 saturated heterocycles. The zero-order valence-corrected chi connectivity index (χ0v) is 11.1. The van der Waals surface area contributed by atoms with Gasteiger partial charge in [0.2, 0.25) is 0 Å². The van der Waals surface area contributed by atoms with E-state index in [0.29, 0.717) is 5.02 Å². The summed E-state index contributed by atoms with van der Waals surface area (Å²) < 4.78 is 0. The number of nitrogens with zero attached hydrogens (tertiary/aromatic N) is 1. The van der Waals surface area contributed by atoms with Crippen LogP contribution in [0.3, 0.4) is 0 Å². The predicted octanol–water partition coefficient (Wildman–Crippen LogP) is 4.72. The molecule has 1 aromatic heterocycles. The molecule has 0 aliphatic carbocycles. The van der Waals surface area contributed by atoms with E-state index in [1.54, 1.807) is 0 Å². The van der Waals surface area contributed by atoms with E-state index in [1.165, 1.54) is 0 Å². The monoisotopic (exact) mass is 253 g/mol. The highest BCUT2D eigenvalue weighted by atomic mass is 35.5. The summed E-state index contributed by atoms with van der Waals surface area (Å²) in [7, 11) is 0. The van der Waals surface area contributed by atoms with E-state index >= 15 is 0 Å². The molecule has 0 fully saturated rings. The van der Waals surface area contributed by atoms with Crippen molar-refractivity contribution < 1.29 is 0 Å². The van der Waals surface area contributed by atoms with Gasteiger partial charge in [-0.3, -0.25) is 4.98 Å². The van der Waals surface area contributed by atoms with Crippen LogP contribution in [0, 0.1) is 13.8 Å². The smallest absolute Gasteiger partial charge is 0.0750 e. The van der Waals surface area contributed by atoms with Crippen molar-refractivity contribution in [3.05, 3.63) is 39.0 Å². The number of halogens is 2. The number of benzene rings is 1. The van der Waals surface area contributed by atoms with Crippen LogP contribution in [-0.4, -0.2) is 4.98 Å². The minimum atomic E-state index is 0.708. The highest BCUT2D eigenvalue weighted by molar-refractivity contribution is 6.37. The second-order valence-corrected chi connectivity index (χ2v) is 4.78. The summed E-state index contributed by atoms with van der Waals surface area (Å²) in [6, 6.07) is 3.80. The molecule has 84 valence electrons. The Hall–Kier alpha value is -0.790. The second-order valence-electron chi connectivity index (χ2n) is 3.96. The van der Waals surface area contributed by atoms with Gasteiger partial charge in [-0.1, -0.05) is 30.1 Å². The Bertz CT molecular complexity index is 562. The van der Waals surface area contributed by atoms with Crippen LogP contribution in [0.4, 0.5) is 0 Å². The number of aryl methyl sites for hydroxylation is 2. The summed E-state index contributed by atoms with van der Waals surface area (Å²) in [5.74, 6) is 0. The van der Waals surface area contributed by atoms with Gasteiger partial charge >= 0.3 is 0 Å². The molecule has 0 spiro atoms. The molecule has 1 aromatic carbocycles. The van der Waals surface area contributed by atoms with Crippen LogP contribution in [0.25, 0.3) is 10.9 Å². The van der Waals surface area contributed by atoms with E-state index in [-0.39, 0.29) is 0 Å². The summed E-state index contributed by atoms with van der Waals surface area (Å²) in [6.45, 7) is 6.08. The van der Waals surface area contributed by atoms with E-state index in [1.807, 2.05) is 26.0 Å². The van der Waals surface area contributed by atoms with Gasteiger partial charge < -0.3 is 0 Å². The maximum Gasteiger partial charge on any atom is 0.0750 e. The Morgan fingerprint density at radius 1 is 1.19 bits per heavy atom. The minimum absolute atomic E-state index is 0.708. The SMILES string of the molecule is CCc1c(C)nc2c(C)cc(Cl)cc2c1Cl. The van der Waals surface area contributed by atoms with E-state index in [9.17, 15) is 0 Å². The fourth-order valence-corrected chi connectivity index (χ4v) is 2.71. The van der Waals surface area contributed by atoms with Crippen molar-refractivity contribution in [3.8, 4) is 0 Å². The maximum atomic E-state index is 6.39. The van der Waals surface area contributed by atoms with Gasteiger partial charge in [-0.15, -0.1) is 0 Å². The van der Waals surface area contributed by atoms with Crippen molar-refractivity contribution in [2.45, 2.75) is 27.2 Å². The van der Waals surface area contributed by atoms with Crippen LogP contribution in [0.1, 0.15) is 23.7 Å². The Morgan fingerprint density at radius 3 is 2.50 bits per heavy atom. The molecule has 0 amide bonds. The van der Waals surface area contributed by atoms with Gasteiger partial charge in [0.05, 0.1) is 10.5 Å². The molecule has 0 aliphatic rings. The molecule has 0 radical (unpaired) electrons. The average molecular weight is 254 g/mol. The Kier molecular flexibility index (Phi) is 3.09. The first-order chi connectivity index (χ1) is 7.54. The van der Waals surface area contributed by atoms with Gasteiger partial charge in [0, 0.05) is 16.1 Å². The summed E-state index contributed by atoms with van der Waals surface area (Å²) in [5.41, 5.74) is 4.13. The Morgan fingerprint density at radius 2 is 1.88 bits per heavy atom. The number of pyridine rings is 1. The van der Waals surface area contributed by atoms with E-state index in [2.05, 4.69) is 11.9 Å². The summed E-state index contributed by atoms with van der Waals surface area (Å²) in [4.78, 5) is 4.60. The quantitative estimate of drug-likeness (QED) is 0.717. The number of hydrogen-bond donors (Lipinski definition) is 0. The number of aromatic nitrogens is 1. The van der Waals surface area contributed by atoms with Crippen LogP contribution in [-0.2, 0) is 6.42 Å². The number of fused-ring (bicyclic) bond motifs is 1. The molecule has 16 heavy (non-hydrogen) atoms. The van der Waals surface area contributed by atoms with E-state index in [0.717, 1.165) is 39.2 Å². The summed E-state index contributed by atoms with van der Waals surface area (Å²) in [5, 5.41) is 2.45. The number of hydrogen-bond acceptors (Lipinski definition) is 1. The molecule has 1 nitrogen and oxygen atoms in total. The molecule has 1 heterocycles. The second kappa shape index (κ2) is 4.23. The summed E-state index contributed by atoms with van der Waals surface area (Å²) in [6.07, 6.45) is 0.888. The average Bonchev–Trinajstić information content (AvgIpc) is 2.21. The maximum absolute atomic E-state index is 6.39. The van der Waals surface area contributed by atoms with Crippen molar-refractivity contribution in [3.63, 3.8) is 0 Å². The van der Waals surface area contributed by atoms with Gasteiger partial charge in [-0.05, 0) is 43.5 Å². The zero-order chi connectivity index (χ0) is 11.9. The minimum Gasteiger partial charge on any atom is -0.252 e. The predicted molar refractivity (Wildman–Crippen MR) is 70.6 cm³/mol. The molecule has 0 unspecified atom stereocenters. The first-order valence-electron chi connectivity index (χ1n) is 5.29. The summed E-state index contributed by atoms with van der Waals surface area (Å²) >= 11 is 12.4. The lowest BCUT2D eigenvalue weighted by Gasteiger charge is -2.11. The van der Waals surface area contributed by atoms with Crippen LogP contribution in [0.5, 0.6) is 0 Å². The normalized spacial score (nSPS) is 11.1. The topological polar surface area (TPSA) is 12.9 Å². The molecule has 2 aromatic rings. The molecule has 0 bridgehead atoms. The van der Waals surface area contributed by atoms with E-state index in [4.69, 9.17) is 23.2 Å². The number of rotatable bonds is 1. The van der Waals surface area contributed by atoms with Gasteiger partial charge in [-0.2, -0.15) is 0 Å². The third-order valence-corrected chi connectivity index (χ3v) is 3.49. The fraction of sp³-hybridized carbons (Fsp3) is 0.308. The molecule has 3 heteroatoms. The standard InChI is InChI=1S/C13H13Cl2N/c1-4-10-8(3)16-13-7(2)5-9(14)6-11(13)12(10)15/h5-6H,4H2,1-3H3. The van der Waals surface area contributed by atoms with Crippen LogP contribution in [0.2, 0.25) is 10.0 Å². The van der Waals surface area contributed by atoms with Gasteiger partial charge in [0.15, 0.2) is 0 Å². The third-order valence-electron chi connectivity index (χ3n) is 2.84. The molecule has 2 rings (SSSR count). The lowest BCUT2D eigenvalue weighted by molar-refractivity contribution is 1.07. The van der Waals surface area contributed by atoms with Gasteiger partial charge in [0.25, 0.3) is 0 Å². The zero-order valence-electron chi connectivity index (χ0n) is 9.56. The Balaban J connectivity index is 2.93. The first-order valence-corrected chi connectivity index (χ1v) is 6.05. The van der Waals surface area contributed by atoms with Gasteiger partial charge in [0.1, 0.15) is 0 Å². The molecule has 0 aliphatic heterocycles. The van der Waals surface area contributed by atoms with Crippen molar-refractivity contribution in [2.75, 3.05) is 0 Å². The van der Waals surface area contributed by atoms with Crippen LogP contribution < -0.4 is 0 Å². The molecule has 0 atom stereocenters. The highest BCUT2D eigenvalue weighted by Gasteiger charge is 2.11. The lowest BCUT2D eigenvalue weighted by Crippen LogP contribution is -1.96. The van der Waals surface area contributed by atoms with E-state index < -0.39 is 0 Å².